The molecule has 0 bridgehead atoms. The van der Waals surface area contributed by atoms with Gasteiger partial charge in [-0.2, -0.15) is 0 Å². The van der Waals surface area contributed by atoms with E-state index in [0.29, 0.717) is 10.5 Å². The molecule has 1 aliphatic heterocycles. The SMILES string of the molecule is O=C1Nc2ccccc2S/C1=C\c1ccccc1O. The summed E-state index contributed by atoms with van der Waals surface area (Å²) in [5, 5.41) is 12.6. The third kappa shape index (κ3) is 2.35. The number of carbonyl (C=O) groups excluding carboxylic acids is 1. The van der Waals surface area contributed by atoms with E-state index in [-0.39, 0.29) is 11.7 Å². The lowest BCUT2D eigenvalue weighted by Gasteiger charge is -2.18. The topological polar surface area (TPSA) is 49.3 Å². The third-order valence-corrected chi connectivity index (χ3v) is 3.90. The van der Waals surface area contributed by atoms with E-state index in [0.717, 1.165) is 10.6 Å². The molecule has 3 nitrogen and oxygen atoms in total. The van der Waals surface area contributed by atoms with E-state index in [1.54, 1.807) is 24.3 Å². The lowest BCUT2D eigenvalue weighted by atomic mass is 10.2. The van der Waals surface area contributed by atoms with Crippen LogP contribution < -0.4 is 5.32 Å². The Hall–Kier alpha value is -2.20. The molecule has 94 valence electrons. The maximum Gasteiger partial charge on any atom is 0.262 e. The molecule has 0 saturated heterocycles. The van der Waals surface area contributed by atoms with Crippen molar-refractivity contribution in [2.24, 2.45) is 0 Å². The van der Waals surface area contributed by atoms with Gasteiger partial charge in [-0.25, -0.2) is 0 Å². The van der Waals surface area contributed by atoms with Crippen molar-refractivity contribution in [3.05, 3.63) is 59.0 Å². The first-order valence-corrected chi connectivity index (χ1v) is 6.63. The largest absolute Gasteiger partial charge is 0.507 e. The number of carbonyl (C=O) groups is 1. The van der Waals surface area contributed by atoms with E-state index in [1.807, 2.05) is 30.3 Å². The molecule has 2 N–H and O–H groups in total. The second-order valence-corrected chi connectivity index (χ2v) is 5.20. The van der Waals surface area contributed by atoms with Gasteiger partial charge in [0, 0.05) is 10.5 Å². The standard InChI is InChI=1S/C15H11NO2S/c17-12-7-3-1-5-10(12)9-14-15(18)16-11-6-2-4-8-13(11)19-14/h1-9,17H,(H,16,18)/b14-9-. The molecule has 0 unspecified atom stereocenters. The van der Waals surface area contributed by atoms with Crippen LogP contribution >= 0.6 is 11.8 Å². The summed E-state index contributed by atoms with van der Waals surface area (Å²) < 4.78 is 0. The molecule has 1 heterocycles. The number of amides is 1. The zero-order valence-corrected chi connectivity index (χ0v) is 10.8. The fourth-order valence-electron chi connectivity index (χ4n) is 1.85. The van der Waals surface area contributed by atoms with Crippen LogP contribution in [0.4, 0.5) is 5.69 Å². The number of rotatable bonds is 1. The highest BCUT2D eigenvalue weighted by atomic mass is 32.2. The molecule has 1 amide bonds. The van der Waals surface area contributed by atoms with Gasteiger partial charge in [0.05, 0.1) is 10.6 Å². The second kappa shape index (κ2) is 4.82. The van der Waals surface area contributed by atoms with Crippen LogP contribution in [0.1, 0.15) is 5.56 Å². The minimum Gasteiger partial charge on any atom is -0.507 e. The number of nitrogens with one attached hydrogen (secondary N) is 1. The zero-order chi connectivity index (χ0) is 13.2. The smallest absolute Gasteiger partial charge is 0.262 e. The number of benzene rings is 2. The van der Waals surface area contributed by atoms with Crippen molar-refractivity contribution >= 4 is 29.4 Å². The molecule has 4 heteroatoms. The minimum absolute atomic E-state index is 0.146. The van der Waals surface area contributed by atoms with Gasteiger partial charge < -0.3 is 10.4 Å². The molecule has 0 aliphatic carbocycles. The molecule has 0 atom stereocenters. The highest BCUT2D eigenvalue weighted by Crippen LogP contribution is 2.39. The number of phenolic OH excluding ortho intramolecular Hbond substituents is 1. The van der Waals surface area contributed by atoms with Crippen molar-refractivity contribution in [2.45, 2.75) is 4.90 Å². The van der Waals surface area contributed by atoms with E-state index in [4.69, 9.17) is 0 Å². The van der Waals surface area contributed by atoms with Gasteiger partial charge in [-0.15, -0.1) is 0 Å². The lowest BCUT2D eigenvalue weighted by molar-refractivity contribution is -0.112. The number of phenols is 1. The van der Waals surface area contributed by atoms with Crippen LogP contribution in [0.25, 0.3) is 6.08 Å². The number of para-hydroxylation sites is 2. The normalized spacial score (nSPS) is 16.0. The first-order valence-electron chi connectivity index (χ1n) is 5.82. The molecule has 1 aliphatic rings. The Bertz CT molecular complexity index is 679. The monoisotopic (exact) mass is 269 g/mol. The van der Waals surface area contributed by atoms with E-state index in [9.17, 15) is 9.90 Å². The van der Waals surface area contributed by atoms with Crippen molar-refractivity contribution in [3.8, 4) is 5.75 Å². The van der Waals surface area contributed by atoms with Crippen molar-refractivity contribution < 1.29 is 9.90 Å². The molecule has 0 saturated carbocycles. The van der Waals surface area contributed by atoms with Crippen LogP contribution in [0.15, 0.2) is 58.3 Å². The lowest BCUT2D eigenvalue weighted by Crippen LogP contribution is -2.17. The van der Waals surface area contributed by atoms with Crippen molar-refractivity contribution in [1.29, 1.82) is 0 Å². The average Bonchev–Trinajstić information content (AvgIpc) is 2.42. The Kier molecular flexibility index (Phi) is 3.01. The van der Waals surface area contributed by atoms with Crippen molar-refractivity contribution in [1.82, 2.24) is 0 Å². The van der Waals surface area contributed by atoms with Crippen LogP contribution in [0.3, 0.4) is 0 Å². The second-order valence-electron chi connectivity index (χ2n) is 4.12. The Morgan fingerprint density at radius 2 is 1.79 bits per heavy atom. The maximum absolute atomic E-state index is 12.0. The third-order valence-electron chi connectivity index (χ3n) is 2.80. The van der Waals surface area contributed by atoms with Crippen LogP contribution in [0.2, 0.25) is 0 Å². The first kappa shape index (κ1) is 11.9. The first-order chi connectivity index (χ1) is 9.24. The predicted molar refractivity (Wildman–Crippen MR) is 77.0 cm³/mol. The van der Waals surface area contributed by atoms with Crippen LogP contribution in [-0.4, -0.2) is 11.0 Å². The van der Waals surface area contributed by atoms with E-state index in [2.05, 4.69) is 5.32 Å². The molecule has 19 heavy (non-hydrogen) atoms. The molecule has 0 fully saturated rings. The fraction of sp³-hybridized carbons (Fsp3) is 0. The van der Waals surface area contributed by atoms with Gasteiger partial charge in [-0.05, 0) is 24.3 Å². The molecule has 2 aromatic carbocycles. The Morgan fingerprint density at radius 3 is 2.63 bits per heavy atom. The molecule has 0 spiro atoms. The summed E-state index contributed by atoms with van der Waals surface area (Å²) in [6, 6.07) is 14.6. The van der Waals surface area contributed by atoms with Gasteiger partial charge in [0.15, 0.2) is 0 Å². The maximum atomic E-state index is 12.0. The predicted octanol–water partition coefficient (Wildman–Crippen LogP) is 3.48. The quantitative estimate of drug-likeness (QED) is 0.779. The molecule has 2 aromatic rings. The Morgan fingerprint density at radius 1 is 1.05 bits per heavy atom. The average molecular weight is 269 g/mol. The van der Waals surface area contributed by atoms with Crippen LogP contribution in [0, 0.1) is 0 Å². The summed E-state index contributed by atoms with van der Waals surface area (Å²) in [5.74, 6) is 0.0224. The van der Waals surface area contributed by atoms with Gasteiger partial charge >= 0.3 is 0 Å². The van der Waals surface area contributed by atoms with E-state index in [1.165, 1.54) is 11.8 Å². The number of anilines is 1. The van der Waals surface area contributed by atoms with E-state index < -0.39 is 0 Å². The molecular formula is C15H11NO2S. The van der Waals surface area contributed by atoms with Gasteiger partial charge in [0.25, 0.3) is 5.91 Å². The van der Waals surface area contributed by atoms with E-state index >= 15 is 0 Å². The van der Waals surface area contributed by atoms with Gasteiger partial charge in [-0.1, -0.05) is 42.1 Å². The Labute approximate surface area is 115 Å². The fourth-order valence-corrected chi connectivity index (χ4v) is 2.80. The summed E-state index contributed by atoms with van der Waals surface area (Å²) in [6.45, 7) is 0. The number of thioether (sulfide) groups is 1. The summed E-state index contributed by atoms with van der Waals surface area (Å²) in [7, 11) is 0. The van der Waals surface area contributed by atoms with Crippen LogP contribution in [-0.2, 0) is 4.79 Å². The summed E-state index contributed by atoms with van der Waals surface area (Å²) >= 11 is 1.41. The molecule has 3 rings (SSSR count). The van der Waals surface area contributed by atoms with Gasteiger partial charge in [-0.3, -0.25) is 4.79 Å². The van der Waals surface area contributed by atoms with Crippen LogP contribution in [0.5, 0.6) is 5.75 Å². The van der Waals surface area contributed by atoms with Crippen molar-refractivity contribution in [2.75, 3.05) is 5.32 Å². The van der Waals surface area contributed by atoms with Gasteiger partial charge in [0.1, 0.15) is 5.75 Å². The number of hydrogen-bond donors (Lipinski definition) is 2. The minimum atomic E-state index is -0.146. The molecule has 0 radical (unpaired) electrons. The van der Waals surface area contributed by atoms with Crippen molar-refractivity contribution in [3.63, 3.8) is 0 Å². The summed E-state index contributed by atoms with van der Waals surface area (Å²) in [5.41, 5.74) is 1.46. The summed E-state index contributed by atoms with van der Waals surface area (Å²) in [6.07, 6.45) is 1.70. The number of aromatic hydroxyl groups is 1. The Balaban J connectivity index is 1.99. The van der Waals surface area contributed by atoms with Gasteiger partial charge in [0.2, 0.25) is 0 Å². The zero-order valence-electron chi connectivity index (χ0n) is 9.96. The highest BCUT2D eigenvalue weighted by Gasteiger charge is 2.20. The number of fused-ring (bicyclic) bond motifs is 1. The summed E-state index contributed by atoms with van der Waals surface area (Å²) in [4.78, 5) is 13.6. The number of hydrogen-bond acceptors (Lipinski definition) is 3. The molecule has 0 aromatic heterocycles. The highest BCUT2D eigenvalue weighted by molar-refractivity contribution is 8.04. The molecular weight excluding hydrogens is 258 g/mol.